The van der Waals surface area contributed by atoms with Crippen LogP contribution in [0.4, 0.5) is 0 Å². The molecule has 0 bridgehead atoms. The first-order valence-electron chi connectivity index (χ1n) is 17.2. The number of nitrogens with one attached hydrogen (secondary N) is 3. The summed E-state index contributed by atoms with van der Waals surface area (Å²) in [7, 11) is 0. The Labute approximate surface area is 301 Å². The van der Waals surface area contributed by atoms with E-state index in [1.807, 2.05) is 84.9 Å². The molecule has 2 aromatic heterocycles. The topological polar surface area (TPSA) is 170 Å². The Kier molecular flexibility index (Phi) is 13.5. The number of phenols is 1. The lowest BCUT2D eigenvalue weighted by Crippen LogP contribution is -2.29. The number of nitrogens with zero attached hydrogens (tertiary/aromatic N) is 1. The lowest BCUT2D eigenvalue weighted by atomic mass is 9.83. The van der Waals surface area contributed by atoms with Gasteiger partial charge in [-0.2, -0.15) is 0 Å². The molecule has 1 unspecified atom stereocenters. The minimum absolute atomic E-state index is 0.0309. The number of carbonyl (C=O) groups is 1. The summed E-state index contributed by atoms with van der Waals surface area (Å²) in [5, 5.41) is 44.2. The van der Waals surface area contributed by atoms with E-state index in [9.17, 15) is 20.1 Å². The van der Waals surface area contributed by atoms with Crippen LogP contribution >= 0.6 is 0 Å². The highest BCUT2D eigenvalue weighted by molar-refractivity contribution is 5.87. The molecule has 270 valence electrons. The van der Waals surface area contributed by atoms with E-state index in [2.05, 4.69) is 20.8 Å². The van der Waals surface area contributed by atoms with Crippen molar-refractivity contribution in [2.24, 2.45) is 0 Å². The second-order valence-corrected chi connectivity index (χ2v) is 12.1. The summed E-state index contributed by atoms with van der Waals surface area (Å²) < 4.78 is 11.5. The van der Waals surface area contributed by atoms with Gasteiger partial charge in [0, 0.05) is 24.1 Å². The van der Waals surface area contributed by atoms with Crippen molar-refractivity contribution in [1.82, 2.24) is 20.8 Å². The summed E-state index contributed by atoms with van der Waals surface area (Å²) in [5.41, 5.74) is 2.22. The van der Waals surface area contributed by atoms with Gasteiger partial charge >= 0.3 is 0 Å². The highest BCUT2D eigenvalue weighted by Crippen LogP contribution is 2.36. The fourth-order valence-electron chi connectivity index (χ4n) is 5.87. The van der Waals surface area contributed by atoms with Crippen LogP contribution in [-0.4, -0.2) is 58.0 Å². The molecule has 0 aliphatic carbocycles. The van der Waals surface area contributed by atoms with Crippen molar-refractivity contribution in [3.8, 4) is 11.5 Å². The highest BCUT2D eigenvalue weighted by Gasteiger charge is 2.37. The monoisotopic (exact) mass is 704 g/mol. The van der Waals surface area contributed by atoms with Crippen molar-refractivity contribution in [2.45, 2.75) is 38.0 Å². The number of aromatic amines is 1. The van der Waals surface area contributed by atoms with Crippen LogP contribution in [0.3, 0.4) is 0 Å². The Morgan fingerprint density at radius 1 is 0.904 bits per heavy atom. The summed E-state index contributed by atoms with van der Waals surface area (Å²) in [6.07, 6.45) is 1.52. The fourth-order valence-corrected chi connectivity index (χ4v) is 5.87. The predicted molar refractivity (Wildman–Crippen MR) is 199 cm³/mol. The Hall–Kier alpha value is -5.59. The van der Waals surface area contributed by atoms with Crippen molar-refractivity contribution >= 4 is 17.2 Å². The molecular weight excluding hydrogens is 660 g/mol. The molecule has 0 aliphatic rings. The molecule has 11 heteroatoms. The average molecular weight is 705 g/mol. The third-order valence-electron chi connectivity index (χ3n) is 8.50. The number of rotatable bonds is 16. The van der Waals surface area contributed by atoms with Crippen molar-refractivity contribution < 1.29 is 29.4 Å². The van der Waals surface area contributed by atoms with E-state index in [0.29, 0.717) is 71.8 Å². The van der Waals surface area contributed by atoms with Gasteiger partial charge in [-0.3, -0.25) is 4.79 Å². The molecular formula is C41H44N4O7. The molecule has 0 aliphatic heterocycles. The van der Waals surface area contributed by atoms with Crippen LogP contribution in [0.1, 0.15) is 53.2 Å². The zero-order valence-corrected chi connectivity index (χ0v) is 29.0. The molecule has 11 nitrogen and oxygen atoms in total. The van der Waals surface area contributed by atoms with Crippen molar-refractivity contribution in [3.05, 3.63) is 159 Å². The van der Waals surface area contributed by atoms with E-state index >= 15 is 0 Å². The maximum atomic E-state index is 11.9. The van der Waals surface area contributed by atoms with Gasteiger partial charge in [0.05, 0.1) is 24.8 Å². The second kappa shape index (κ2) is 18.6. The van der Waals surface area contributed by atoms with E-state index in [0.717, 1.165) is 30.4 Å². The number of aromatic hydroxyl groups is 1. The molecule has 0 saturated heterocycles. The second-order valence-electron chi connectivity index (χ2n) is 12.1. The van der Waals surface area contributed by atoms with Gasteiger partial charge in [-0.15, -0.1) is 0 Å². The number of benzene rings is 4. The van der Waals surface area contributed by atoms with Gasteiger partial charge in [-0.1, -0.05) is 84.0 Å². The number of ether oxygens (including phenoxy) is 1. The van der Waals surface area contributed by atoms with E-state index in [1.165, 1.54) is 19.1 Å². The molecule has 0 spiro atoms. The largest absolute Gasteiger partial charge is 0.506 e. The van der Waals surface area contributed by atoms with E-state index < -0.39 is 11.7 Å². The molecule has 6 aromatic rings. The van der Waals surface area contributed by atoms with Crippen LogP contribution < -0.4 is 20.9 Å². The first kappa shape index (κ1) is 37.7. The molecule has 6 N–H and O–H groups in total. The Balaban J connectivity index is 0.00000168. The third kappa shape index (κ3) is 9.59. The maximum Gasteiger partial charge on any atom is 0.248 e. The van der Waals surface area contributed by atoms with Gasteiger partial charge in [-0.05, 0) is 79.4 Å². The highest BCUT2D eigenvalue weighted by atomic mass is 16.5. The quantitative estimate of drug-likeness (QED) is 0.0586. The predicted octanol–water partition coefficient (Wildman–Crippen LogP) is 5.14. The zero-order valence-electron chi connectivity index (χ0n) is 29.0. The van der Waals surface area contributed by atoms with E-state index in [-0.39, 0.29) is 11.3 Å². The SMILES string of the molecule is CC=O.O=c1ccc2c(C(O)CNCCc3ccc(OCCCNCc4cc(C(O)(c5ccccc5)c5ccccc5)no4)cc3)ccc(O)c2[nH]1. The molecule has 0 amide bonds. The number of aliphatic hydroxyl groups is 2. The van der Waals surface area contributed by atoms with E-state index in [1.54, 1.807) is 18.2 Å². The molecule has 52 heavy (non-hydrogen) atoms. The smallest absolute Gasteiger partial charge is 0.248 e. The molecule has 6 rings (SSSR count). The number of aromatic nitrogens is 2. The fraction of sp³-hybridized carbons (Fsp3) is 0.244. The number of hydrogen-bond donors (Lipinski definition) is 6. The normalized spacial score (nSPS) is 11.8. The van der Waals surface area contributed by atoms with Gasteiger partial charge in [0.2, 0.25) is 5.56 Å². The molecule has 0 saturated carbocycles. The van der Waals surface area contributed by atoms with Gasteiger partial charge in [0.15, 0.2) is 11.4 Å². The summed E-state index contributed by atoms with van der Waals surface area (Å²) in [6, 6.07) is 34.8. The summed E-state index contributed by atoms with van der Waals surface area (Å²) in [6.45, 7) is 4.18. The zero-order chi connectivity index (χ0) is 36.8. The Morgan fingerprint density at radius 3 is 2.25 bits per heavy atom. The standard InChI is InChI=1S/C39H40N4O6.C2H4O/c44-34-18-16-32(33-17-19-37(46)42-38(33)34)35(45)26-41-22-20-27-12-14-30(15-13-27)48-23-7-21-40-25-31-24-36(43-49-31)39(47,28-8-3-1-4-9-28)29-10-5-2-6-11-29;1-2-3/h1-6,8-19,24,35,40-41,44-45,47H,7,20-23,25-26H2,(H,42,46);2H,1H3. The summed E-state index contributed by atoms with van der Waals surface area (Å²) in [5.74, 6) is 1.40. The minimum atomic E-state index is -1.43. The van der Waals surface area contributed by atoms with Crippen LogP contribution in [0.2, 0.25) is 0 Å². The van der Waals surface area contributed by atoms with Crippen molar-refractivity contribution in [1.29, 1.82) is 0 Å². The van der Waals surface area contributed by atoms with Crippen molar-refractivity contribution in [3.63, 3.8) is 0 Å². The first-order chi connectivity index (χ1) is 25.3. The summed E-state index contributed by atoms with van der Waals surface area (Å²) >= 11 is 0. The van der Waals surface area contributed by atoms with Crippen LogP contribution in [0.15, 0.2) is 125 Å². The molecule has 1 atom stereocenters. The molecule has 4 aromatic carbocycles. The number of phenolic OH excluding ortho intramolecular Hbond substituents is 1. The van der Waals surface area contributed by atoms with Gasteiger partial charge in [0.25, 0.3) is 0 Å². The number of carbonyl (C=O) groups excluding carboxylic acids is 1. The maximum absolute atomic E-state index is 11.9. The number of hydrogen-bond acceptors (Lipinski definition) is 10. The van der Waals surface area contributed by atoms with Gasteiger partial charge in [-0.25, -0.2) is 0 Å². The van der Waals surface area contributed by atoms with Crippen LogP contribution in [0.5, 0.6) is 11.5 Å². The van der Waals surface area contributed by atoms with Crippen LogP contribution in [0, 0.1) is 0 Å². The Bertz CT molecular complexity index is 2010. The first-order valence-corrected chi connectivity index (χ1v) is 17.2. The lowest BCUT2D eigenvalue weighted by molar-refractivity contribution is -0.106. The summed E-state index contributed by atoms with van der Waals surface area (Å²) in [4.78, 5) is 23.1. The van der Waals surface area contributed by atoms with Gasteiger partial charge < -0.3 is 45.0 Å². The lowest BCUT2D eigenvalue weighted by Gasteiger charge is -2.27. The van der Waals surface area contributed by atoms with E-state index in [4.69, 9.17) is 14.1 Å². The van der Waals surface area contributed by atoms with Gasteiger partial charge in [0.1, 0.15) is 23.5 Å². The average Bonchev–Trinajstić information content (AvgIpc) is 3.66. The third-order valence-corrected chi connectivity index (χ3v) is 8.50. The van der Waals surface area contributed by atoms with Crippen LogP contribution in [-0.2, 0) is 23.4 Å². The number of H-pyrrole nitrogens is 1. The molecule has 2 heterocycles. The minimum Gasteiger partial charge on any atom is -0.506 e. The molecule has 0 fully saturated rings. The Morgan fingerprint density at radius 2 is 1.58 bits per heavy atom. The number of aldehydes is 1. The van der Waals surface area contributed by atoms with Crippen molar-refractivity contribution in [2.75, 3.05) is 26.2 Å². The van der Waals surface area contributed by atoms with Crippen LogP contribution in [0.25, 0.3) is 10.9 Å². The number of pyridine rings is 1. The molecule has 0 radical (unpaired) electrons. The number of aliphatic hydroxyl groups excluding tert-OH is 1. The number of fused-ring (bicyclic) bond motifs is 1.